The molecule has 0 amide bonds. The van der Waals surface area contributed by atoms with Crippen LogP contribution in [0.4, 0.5) is 10.3 Å². The van der Waals surface area contributed by atoms with Crippen LogP contribution in [0.5, 0.6) is 0 Å². The van der Waals surface area contributed by atoms with Gasteiger partial charge in [-0.05, 0) is 29.3 Å². The average molecular weight is 292 g/mol. The van der Waals surface area contributed by atoms with Crippen molar-refractivity contribution in [1.82, 2.24) is 15.2 Å². The molecule has 1 aliphatic heterocycles. The molecule has 0 fully saturated rings. The Labute approximate surface area is 126 Å². The molecular formula is C17H13FN4. The van der Waals surface area contributed by atoms with Crippen LogP contribution in [-0.4, -0.2) is 15.2 Å². The van der Waals surface area contributed by atoms with Crippen molar-refractivity contribution in [3.05, 3.63) is 71.7 Å². The average Bonchev–Trinajstić information content (AvgIpc) is 3.04. The Bertz CT molecular complexity index is 853. The molecule has 5 heteroatoms. The second-order valence-corrected chi connectivity index (χ2v) is 5.11. The van der Waals surface area contributed by atoms with Crippen molar-refractivity contribution in [2.45, 2.75) is 6.54 Å². The molecular weight excluding hydrogens is 279 g/mol. The van der Waals surface area contributed by atoms with E-state index in [0.29, 0.717) is 23.9 Å². The number of nitrogens with one attached hydrogen (secondary N) is 1. The fourth-order valence-corrected chi connectivity index (χ4v) is 2.54. The highest BCUT2D eigenvalue weighted by molar-refractivity contribution is 5.63. The van der Waals surface area contributed by atoms with E-state index in [1.54, 1.807) is 18.2 Å². The summed E-state index contributed by atoms with van der Waals surface area (Å²) in [6.07, 6.45) is 3.97. The van der Waals surface area contributed by atoms with E-state index < -0.39 is 0 Å². The molecule has 4 nitrogen and oxygen atoms in total. The van der Waals surface area contributed by atoms with E-state index in [9.17, 15) is 4.39 Å². The summed E-state index contributed by atoms with van der Waals surface area (Å²) in [6.45, 7) is 0.696. The molecule has 22 heavy (non-hydrogen) atoms. The highest BCUT2D eigenvalue weighted by Crippen LogP contribution is 2.25. The van der Waals surface area contributed by atoms with Crippen molar-refractivity contribution in [1.29, 1.82) is 0 Å². The molecule has 2 heterocycles. The molecule has 0 saturated heterocycles. The van der Waals surface area contributed by atoms with E-state index in [-0.39, 0.29) is 5.82 Å². The number of aromatic nitrogens is 3. The van der Waals surface area contributed by atoms with Gasteiger partial charge in [-0.3, -0.25) is 5.10 Å². The van der Waals surface area contributed by atoms with Crippen LogP contribution in [0, 0.1) is 5.82 Å². The largest absolute Gasteiger partial charge is 0.311 e. The number of rotatable bonds is 2. The van der Waals surface area contributed by atoms with Crippen molar-refractivity contribution >= 4 is 12.0 Å². The van der Waals surface area contributed by atoms with Gasteiger partial charge in [0.15, 0.2) is 5.82 Å². The number of H-pyrrole nitrogens is 1. The maximum absolute atomic E-state index is 13.8. The molecule has 0 aliphatic carbocycles. The number of nitrogens with zero attached hydrogens (tertiary/aromatic N) is 3. The summed E-state index contributed by atoms with van der Waals surface area (Å²) >= 11 is 0. The SMILES string of the molecule is Fc1ccccc1-c1nc(N2C=Cc3ccccc3C2)n[nH]1. The second kappa shape index (κ2) is 5.11. The second-order valence-electron chi connectivity index (χ2n) is 5.11. The van der Waals surface area contributed by atoms with Gasteiger partial charge in [-0.2, -0.15) is 4.98 Å². The van der Waals surface area contributed by atoms with Crippen molar-refractivity contribution in [3.8, 4) is 11.4 Å². The first-order valence-electron chi connectivity index (χ1n) is 7.01. The minimum Gasteiger partial charge on any atom is -0.311 e. The summed E-state index contributed by atoms with van der Waals surface area (Å²) in [4.78, 5) is 6.34. The predicted octanol–water partition coefficient (Wildman–Crippen LogP) is 3.60. The first-order valence-corrected chi connectivity index (χ1v) is 7.01. The number of anilines is 1. The van der Waals surface area contributed by atoms with Gasteiger partial charge >= 0.3 is 0 Å². The van der Waals surface area contributed by atoms with E-state index in [1.807, 2.05) is 29.3 Å². The van der Waals surface area contributed by atoms with Gasteiger partial charge in [-0.1, -0.05) is 36.4 Å². The monoisotopic (exact) mass is 292 g/mol. The Morgan fingerprint density at radius 3 is 2.77 bits per heavy atom. The van der Waals surface area contributed by atoms with Gasteiger partial charge in [0.2, 0.25) is 5.95 Å². The quantitative estimate of drug-likeness (QED) is 0.785. The molecule has 0 spiro atoms. The molecule has 0 atom stereocenters. The zero-order valence-corrected chi connectivity index (χ0v) is 11.7. The number of hydrogen-bond donors (Lipinski definition) is 1. The lowest BCUT2D eigenvalue weighted by Crippen LogP contribution is -2.20. The van der Waals surface area contributed by atoms with Crippen LogP contribution in [0.3, 0.4) is 0 Å². The Morgan fingerprint density at radius 1 is 1.05 bits per heavy atom. The molecule has 0 saturated carbocycles. The Morgan fingerprint density at radius 2 is 1.86 bits per heavy atom. The maximum atomic E-state index is 13.8. The lowest BCUT2D eigenvalue weighted by molar-refractivity contribution is 0.630. The minimum absolute atomic E-state index is 0.315. The standard InChI is InChI=1S/C17H13FN4/c18-15-8-4-3-7-14(15)16-19-17(21-20-16)22-10-9-12-5-1-2-6-13(12)11-22/h1-10H,11H2,(H,19,20,21). The topological polar surface area (TPSA) is 44.8 Å². The number of fused-ring (bicyclic) bond motifs is 1. The van der Waals surface area contributed by atoms with Crippen LogP contribution in [0.1, 0.15) is 11.1 Å². The van der Waals surface area contributed by atoms with Crippen molar-refractivity contribution in [2.75, 3.05) is 4.90 Å². The van der Waals surface area contributed by atoms with Gasteiger partial charge in [-0.15, -0.1) is 5.10 Å². The van der Waals surface area contributed by atoms with E-state index in [2.05, 4.69) is 27.3 Å². The number of hydrogen-bond acceptors (Lipinski definition) is 3. The highest BCUT2D eigenvalue weighted by atomic mass is 19.1. The third-order valence-electron chi connectivity index (χ3n) is 3.69. The lowest BCUT2D eigenvalue weighted by Gasteiger charge is -2.21. The highest BCUT2D eigenvalue weighted by Gasteiger charge is 2.17. The number of aromatic amines is 1. The lowest BCUT2D eigenvalue weighted by atomic mass is 10.0. The zero-order chi connectivity index (χ0) is 14.9. The van der Waals surface area contributed by atoms with Crippen LogP contribution < -0.4 is 4.90 Å². The number of benzene rings is 2. The minimum atomic E-state index is -0.315. The summed E-state index contributed by atoms with van der Waals surface area (Å²) < 4.78 is 13.8. The molecule has 108 valence electrons. The summed E-state index contributed by atoms with van der Waals surface area (Å²) in [5, 5.41) is 7.01. The normalized spacial score (nSPS) is 13.2. The molecule has 4 rings (SSSR count). The van der Waals surface area contributed by atoms with Gasteiger partial charge < -0.3 is 4.90 Å². The third-order valence-corrected chi connectivity index (χ3v) is 3.69. The van der Waals surface area contributed by atoms with Crippen LogP contribution in [-0.2, 0) is 6.54 Å². The van der Waals surface area contributed by atoms with Gasteiger partial charge in [0, 0.05) is 6.20 Å². The smallest absolute Gasteiger partial charge is 0.249 e. The Balaban J connectivity index is 1.65. The van der Waals surface area contributed by atoms with Gasteiger partial charge in [0.25, 0.3) is 0 Å². The first-order chi connectivity index (χ1) is 10.8. The fraction of sp³-hybridized carbons (Fsp3) is 0.0588. The third kappa shape index (κ3) is 2.16. The molecule has 3 aromatic rings. The van der Waals surface area contributed by atoms with Crippen LogP contribution in [0.15, 0.2) is 54.7 Å². The van der Waals surface area contributed by atoms with Crippen molar-refractivity contribution in [3.63, 3.8) is 0 Å². The molecule has 0 unspecified atom stereocenters. The maximum Gasteiger partial charge on any atom is 0.249 e. The first kappa shape index (κ1) is 12.8. The molecule has 0 radical (unpaired) electrons. The summed E-state index contributed by atoms with van der Waals surface area (Å²) in [5.41, 5.74) is 2.83. The summed E-state index contributed by atoms with van der Waals surface area (Å²) in [5.74, 6) is 0.647. The molecule has 0 bridgehead atoms. The van der Waals surface area contributed by atoms with Crippen LogP contribution >= 0.6 is 0 Å². The van der Waals surface area contributed by atoms with Gasteiger partial charge in [-0.25, -0.2) is 4.39 Å². The predicted molar refractivity (Wildman–Crippen MR) is 83.4 cm³/mol. The van der Waals surface area contributed by atoms with Crippen LogP contribution in [0.2, 0.25) is 0 Å². The van der Waals surface area contributed by atoms with Gasteiger partial charge in [0.05, 0.1) is 12.1 Å². The Kier molecular flexibility index (Phi) is 2.96. The summed E-state index contributed by atoms with van der Waals surface area (Å²) in [6, 6.07) is 14.7. The number of halogens is 1. The molecule has 1 aromatic heterocycles. The van der Waals surface area contributed by atoms with Gasteiger partial charge in [0.1, 0.15) is 5.82 Å². The molecule has 1 N–H and O–H groups in total. The summed E-state index contributed by atoms with van der Waals surface area (Å²) in [7, 11) is 0. The Hall–Kier alpha value is -2.95. The van der Waals surface area contributed by atoms with E-state index >= 15 is 0 Å². The fourth-order valence-electron chi connectivity index (χ4n) is 2.54. The van der Waals surface area contributed by atoms with E-state index in [0.717, 1.165) is 0 Å². The van der Waals surface area contributed by atoms with E-state index in [4.69, 9.17) is 0 Å². The zero-order valence-electron chi connectivity index (χ0n) is 11.7. The van der Waals surface area contributed by atoms with E-state index in [1.165, 1.54) is 17.2 Å². The van der Waals surface area contributed by atoms with Crippen molar-refractivity contribution in [2.24, 2.45) is 0 Å². The van der Waals surface area contributed by atoms with Crippen molar-refractivity contribution < 1.29 is 4.39 Å². The molecule has 1 aliphatic rings. The van der Waals surface area contributed by atoms with Crippen LogP contribution in [0.25, 0.3) is 17.5 Å². The molecule has 2 aromatic carbocycles.